The minimum absolute atomic E-state index is 0.240. The van der Waals surface area contributed by atoms with Gasteiger partial charge in [-0.05, 0) is 43.1 Å². The maximum absolute atomic E-state index is 9.38. The molecule has 1 aromatic rings. The third-order valence-corrected chi connectivity index (χ3v) is 3.89. The Bertz CT molecular complexity index is 379. The third kappa shape index (κ3) is 3.61. The van der Waals surface area contributed by atoms with E-state index in [1.165, 1.54) is 0 Å². The van der Waals surface area contributed by atoms with E-state index in [1.807, 2.05) is 24.3 Å². The van der Waals surface area contributed by atoms with E-state index >= 15 is 0 Å². The summed E-state index contributed by atoms with van der Waals surface area (Å²) in [4.78, 5) is 2.31. The first-order chi connectivity index (χ1) is 9.24. The number of rotatable bonds is 6. The van der Waals surface area contributed by atoms with Gasteiger partial charge in [0.25, 0.3) is 0 Å². The van der Waals surface area contributed by atoms with Crippen LogP contribution in [0.15, 0.2) is 24.3 Å². The van der Waals surface area contributed by atoms with Crippen LogP contribution in [0.3, 0.4) is 0 Å². The summed E-state index contributed by atoms with van der Waals surface area (Å²) in [5.74, 6) is 2.26. The molecule has 1 N–H and O–H groups in total. The van der Waals surface area contributed by atoms with Crippen LogP contribution in [-0.2, 0) is 0 Å². The van der Waals surface area contributed by atoms with Gasteiger partial charge in [-0.3, -0.25) is 4.90 Å². The molecule has 0 amide bonds. The molecule has 2 atom stereocenters. The first kappa shape index (κ1) is 14.2. The number of ether oxygens (including phenoxy) is 2. The first-order valence-electron chi connectivity index (χ1n) is 6.86. The molecule has 1 aliphatic rings. The zero-order valence-electron chi connectivity index (χ0n) is 11.7. The summed E-state index contributed by atoms with van der Waals surface area (Å²) in [5, 5.41) is 9.38. The van der Waals surface area contributed by atoms with Crippen molar-refractivity contribution in [2.75, 3.05) is 33.4 Å². The fraction of sp³-hybridized carbons (Fsp3) is 0.600. The lowest BCUT2D eigenvalue weighted by atomic mass is 10.0. The Balaban J connectivity index is 1.76. The number of hydrogen-bond donors (Lipinski definition) is 1. The van der Waals surface area contributed by atoms with Gasteiger partial charge in [-0.25, -0.2) is 0 Å². The van der Waals surface area contributed by atoms with Gasteiger partial charge >= 0.3 is 0 Å². The lowest BCUT2D eigenvalue weighted by Crippen LogP contribution is -2.37. The van der Waals surface area contributed by atoms with Crippen molar-refractivity contribution in [1.82, 2.24) is 4.90 Å². The predicted molar refractivity (Wildman–Crippen MR) is 74.7 cm³/mol. The van der Waals surface area contributed by atoms with Crippen LogP contribution in [0.1, 0.15) is 13.3 Å². The summed E-state index contributed by atoms with van der Waals surface area (Å²) in [7, 11) is 1.65. The second-order valence-electron chi connectivity index (χ2n) is 5.08. The van der Waals surface area contributed by atoms with Crippen LogP contribution >= 0.6 is 0 Å². The molecule has 2 rings (SSSR count). The number of aliphatic hydroxyl groups excluding tert-OH is 1. The number of aliphatic hydroxyl groups is 1. The van der Waals surface area contributed by atoms with E-state index in [4.69, 9.17) is 9.47 Å². The average Bonchev–Trinajstić information content (AvgIpc) is 2.80. The van der Waals surface area contributed by atoms with E-state index in [1.54, 1.807) is 7.11 Å². The second-order valence-corrected chi connectivity index (χ2v) is 5.08. The molecule has 0 aromatic heterocycles. The van der Waals surface area contributed by atoms with Crippen LogP contribution in [0.5, 0.6) is 11.5 Å². The zero-order chi connectivity index (χ0) is 13.7. The Kier molecular flexibility index (Phi) is 5.05. The minimum atomic E-state index is 0.240. The molecule has 19 heavy (non-hydrogen) atoms. The molecule has 4 heteroatoms. The maximum Gasteiger partial charge on any atom is 0.119 e. The van der Waals surface area contributed by atoms with Gasteiger partial charge in [0, 0.05) is 12.6 Å². The minimum Gasteiger partial charge on any atom is -0.497 e. The summed E-state index contributed by atoms with van der Waals surface area (Å²) in [6, 6.07) is 7.90. The van der Waals surface area contributed by atoms with Crippen molar-refractivity contribution in [1.29, 1.82) is 0 Å². The molecule has 0 spiro atoms. The van der Waals surface area contributed by atoms with E-state index in [0.717, 1.165) is 31.0 Å². The Labute approximate surface area is 114 Å². The van der Waals surface area contributed by atoms with E-state index in [2.05, 4.69) is 11.8 Å². The highest BCUT2D eigenvalue weighted by atomic mass is 16.5. The standard InChI is InChI=1S/C15H23NO3/c1-12-7-8-16(15(12)11-17)9-10-19-14-5-3-13(18-2)4-6-14/h3-6,12,15,17H,7-11H2,1-2H3. The van der Waals surface area contributed by atoms with Crippen molar-refractivity contribution in [2.24, 2.45) is 5.92 Å². The van der Waals surface area contributed by atoms with Gasteiger partial charge in [0.1, 0.15) is 18.1 Å². The quantitative estimate of drug-likeness (QED) is 0.851. The molecule has 0 saturated carbocycles. The van der Waals surface area contributed by atoms with E-state index in [9.17, 15) is 5.11 Å². The summed E-state index contributed by atoms with van der Waals surface area (Å²) in [5.41, 5.74) is 0. The molecule has 0 radical (unpaired) electrons. The number of benzene rings is 1. The highest BCUT2D eigenvalue weighted by Gasteiger charge is 2.29. The molecule has 2 unspecified atom stereocenters. The van der Waals surface area contributed by atoms with Gasteiger partial charge in [-0.1, -0.05) is 6.92 Å². The van der Waals surface area contributed by atoms with Crippen molar-refractivity contribution >= 4 is 0 Å². The molecule has 1 aliphatic heterocycles. The molecule has 1 heterocycles. The first-order valence-corrected chi connectivity index (χ1v) is 6.86. The Morgan fingerprint density at radius 1 is 1.26 bits per heavy atom. The van der Waals surface area contributed by atoms with Crippen molar-refractivity contribution in [3.63, 3.8) is 0 Å². The van der Waals surface area contributed by atoms with Gasteiger partial charge < -0.3 is 14.6 Å². The topological polar surface area (TPSA) is 41.9 Å². The lowest BCUT2D eigenvalue weighted by Gasteiger charge is -2.24. The zero-order valence-corrected chi connectivity index (χ0v) is 11.7. The molecule has 1 aromatic carbocycles. The highest BCUT2D eigenvalue weighted by molar-refractivity contribution is 5.31. The molecule has 106 valence electrons. The summed E-state index contributed by atoms with van der Waals surface area (Å²) >= 11 is 0. The average molecular weight is 265 g/mol. The Morgan fingerprint density at radius 2 is 1.95 bits per heavy atom. The summed E-state index contributed by atoms with van der Waals surface area (Å²) in [6.45, 7) is 5.00. The van der Waals surface area contributed by atoms with E-state index in [-0.39, 0.29) is 6.61 Å². The molecular formula is C15H23NO3. The van der Waals surface area contributed by atoms with Gasteiger partial charge in [0.2, 0.25) is 0 Å². The van der Waals surface area contributed by atoms with Gasteiger partial charge in [0.15, 0.2) is 0 Å². The fourth-order valence-electron chi connectivity index (χ4n) is 2.61. The van der Waals surface area contributed by atoms with Crippen LogP contribution in [0.2, 0.25) is 0 Å². The van der Waals surface area contributed by atoms with Crippen LogP contribution < -0.4 is 9.47 Å². The largest absolute Gasteiger partial charge is 0.497 e. The molecular weight excluding hydrogens is 242 g/mol. The van der Waals surface area contributed by atoms with Crippen LogP contribution in [0, 0.1) is 5.92 Å². The summed E-state index contributed by atoms with van der Waals surface area (Å²) in [6.07, 6.45) is 1.16. The lowest BCUT2D eigenvalue weighted by molar-refractivity contribution is 0.123. The normalized spacial score (nSPS) is 23.5. The molecule has 1 saturated heterocycles. The van der Waals surface area contributed by atoms with Crippen molar-refractivity contribution in [3.8, 4) is 11.5 Å². The van der Waals surface area contributed by atoms with Gasteiger partial charge in [-0.2, -0.15) is 0 Å². The molecule has 1 fully saturated rings. The van der Waals surface area contributed by atoms with Crippen molar-refractivity contribution in [2.45, 2.75) is 19.4 Å². The number of likely N-dealkylation sites (tertiary alicyclic amines) is 1. The SMILES string of the molecule is COc1ccc(OCCN2CCC(C)C2CO)cc1. The monoisotopic (exact) mass is 265 g/mol. The van der Waals surface area contributed by atoms with Crippen LogP contribution in [0.4, 0.5) is 0 Å². The number of hydrogen-bond acceptors (Lipinski definition) is 4. The van der Waals surface area contributed by atoms with Crippen molar-refractivity contribution < 1.29 is 14.6 Å². The van der Waals surface area contributed by atoms with Crippen LogP contribution in [-0.4, -0.2) is 49.5 Å². The number of methoxy groups -OCH3 is 1. The Hall–Kier alpha value is -1.26. The van der Waals surface area contributed by atoms with E-state index in [0.29, 0.717) is 18.6 Å². The van der Waals surface area contributed by atoms with Gasteiger partial charge in [-0.15, -0.1) is 0 Å². The molecule has 0 bridgehead atoms. The fourth-order valence-corrected chi connectivity index (χ4v) is 2.61. The van der Waals surface area contributed by atoms with Crippen molar-refractivity contribution in [3.05, 3.63) is 24.3 Å². The maximum atomic E-state index is 9.38. The Morgan fingerprint density at radius 3 is 2.58 bits per heavy atom. The molecule has 0 aliphatic carbocycles. The van der Waals surface area contributed by atoms with Gasteiger partial charge in [0.05, 0.1) is 13.7 Å². The van der Waals surface area contributed by atoms with Crippen LogP contribution in [0.25, 0.3) is 0 Å². The summed E-state index contributed by atoms with van der Waals surface area (Å²) < 4.78 is 10.8. The smallest absolute Gasteiger partial charge is 0.119 e. The highest BCUT2D eigenvalue weighted by Crippen LogP contribution is 2.23. The van der Waals surface area contributed by atoms with E-state index < -0.39 is 0 Å². The molecule has 4 nitrogen and oxygen atoms in total. The second kappa shape index (κ2) is 6.78. The predicted octanol–water partition coefficient (Wildman–Crippen LogP) is 1.78. The third-order valence-electron chi connectivity index (χ3n) is 3.89. The number of nitrogens with zero attached hydrogens (tertiary/aromatic N) is 1.